The first kappa shape index (κ1) is 15.6. The van der Waals surface area contributed by atoms with E-state index in [1.807, 2.05) is 38.1 Å². The van der Waals surface area contributed by atoms with Gasteiger partial charge in [0.05, 0.1) is 22.4 Å². The van der Waals surface area contributed by atoms with Crippen LogP contribution in [0.15, 0.2) is 34.6 Å². The second kappa shape index (κ2) is 7.18. The lowest BCUT2D eigenvalue weighted by Gasteiger charge is -2.00. The van der Waals surface area contributed by atoms with Crippen LogP contribution in [0.2, 0.25) is 0 Å². The van der Waals surface area contributed by atoms with Gasteiger partial charge in [-0.1, -0.05) is 22.4 Å². The smallest absolute Gasteiger partial charge is 0.101 e. The molecule has 1 heterocycles. The van der Waals surface area contributed by atoms with E-state index >= 15 is 0 Å². The van der Waals surface area contributed by atoms with E-state index in [1.54, 1.807) is 0 Å². The van der Waals surface area contributed by atoms with E-state index < -0.39 is 0 Å². The van der Waals surface area contributed by atoms with Gasteiger partial charge in [0, 0.05) is 0 Å². The summed E-state index contributed by atoms with van der Waals surface area (Å²) in [7, 11) is 0. The molecule has 0 saturated heterocycles. The highest BCUT2D eigenvalue weighted by Crippen LogP contribution is 2.10. The van der Waals surface area contributed by atoms with Crippen molar-refractivity contribution < 1.29 is 10.4 Å². The van der Waals surface area contributed by atoms with Crippen molar-refractivity contribution in [3.05, 3.63) is 35.7 Å². The molecule has 0 unspecified atom stereocenters. The number of fused-ring (bicyclic) bond motifs is 1. The van der Waals surface area contributed by atoms with Crippen LogP contribution in [0.3, 0.4) is 0 Å². The van der Waals surface area contributed by atoms with Gasteiger partial charge in [0.25, 0.3) is 0 Å². The summed E-state index contributed by atoms with van der Waals surface area (Å²) in [5, 5.41) is 21.6. The van der Waals surface area contributed by atoms with Crippen molar-refractivity contribution in [2.24, 2.45) is 10.3 Å². The Morgan fingerprint density at radius 3 is 1.50 bits per heavy atom. The number of benzene rings is 1. The molecule has 0 aliphatic heterocycles. The highest BCUT2D eigenvalue weighted by atomic mass is 16.4. The molecule has 0 aliphatic rings. The van der Waals surface area contributed by atoms with Crippen LogP contribution in [-0.4, -0.2) is 31.8 Å². The summed E-state index contributed by atoms with van der Waals surface area (Å²) in [5.74, 6) is 0. The Morgan fingerprint density at radius 1 is 0.850 bits per heavy atom. The Kier molecular flexibility index (Phi) is 5.58. The first-order chi connectivity index (χ1) is 9.49. The number of rotatable bonds is 1. The average molecular weight is 274 g/mol. The molecule has 1 aromatic heterocycles. The predicted molar refractivity (Wildman–Crippen MR) is 78.8 cm³/mol. The maximum atomic E-state index is 8.03. The fourth-order valence-corrected chi connectivity index (χ4v) is 1.32. The van der Waals surface area contributed by atoms with Crippen LogP contribution in [-0.2, 0) is 0 Å². The molecule has 6 nitrogen and oxygen atoms in total. The number of aryl methyl sites for hydroxylation is 2. The van der Waals surface area contributed by atoms with E-state index in [-0.39, 0.29) is 0 Å². The molecule has 0 fully saturated rings. The first-order valence-corrected chi connectivity index (χ1v) is 6.07. The Hall–Kier alpha value is -2.50. The van der Waals surface area contributed by atoms with Crippen LogP contribution in [0, 0.1) is 13.8 Å². The minimum absolute atomic E-state index is 0.313. The second-order valence-corrected chi connectivity index (χ2v) is 4.25. The Morgan fingerprint density at radius 2 is 1.20 bits per heavy atom. The molecule has 0 atom stereocenters. The molecule has 20 heavy (non-hydrogen) atoms. The molecular weight excluding hydrogens is 256 g/mol. The van der Waals surface area contributed by atoms with Gasteiger partial charge in [-0.3, -0.25) is 0 Å². The summed E-state index contributed by atoms with van der Waals surface area (Å²) < 4.78 is 0. The number of para-hydroxylation sites is 2. The molecule has 0 amide bonds. The van der Waals surface area contributed by atoms with Crippen molar-refractivity contribution in [3.63, 3.8) is 0 Å². The van der Waals surface area contributed by atoms with E-state index in [4.69, 9.17) is 10.4 Å². The summed E-state index contributed by atoms with van der Waals surface area (Å²) in [5.41, 5.74) is 4.59. The van der Waals surface area contributed by atoms with E-state index in [9.17, 15) is 0 Å². The van der Waals surface area contributed by atoms with Crippen molar-refractivity contribution in [3.8, 4) is 0 Å². The van der Waals surface area contributed by atoms with Crippen LogP contribution in [0.5, 0.6) is 0 Å². The minimum atomic E-state index is 0.313. The zero-order chi connectivity index (χ0) is 15.1. The Balaban J connectivity index is 0.000000221. The van der Waals surface area contributed by atoms with Crippen molar-refractivity contribution in [1.82, 2.24) is 9.97 Å². The van der Waals surface area contributed by atoms with Gasteiger partial charge in [-0.2, -0.15) is 0 Å². The summed E-state index contributed by atoms with van der Waals surface area (Å²) in [4.78, 5) is 8.83. The summed E-state index contributed by atoms with van der Waals surface area (Å²) in [6, 6.07) is 7.92. The monoisotopic (exact) mass is 274 g/mol. The lowest BCUT2D eigenvalue weighted by Crippen LogP contribution is -2.04. The van der Waals surface area contributed by atoms with Crippen molar-refractivity contribution in [1.29, 1.82) is 0 Å². The number of aromatic nitrogens is 2. The van der Waals surface area contributed by atoms with Crippen molar-refractivity contribution in [2.45, 2.75) is 27.7 Å². The van der Waals surface area contributed by atoms with E-state index in [0.717, 1.165) is 22.4 Å². The molecule has 1 aromatic carbocycles. The van der Waals surface area contributed by atoms with E-state index in [2.05, 4.69) is 20.3 Å². The molecule has 106 valence electrons. The third-order valence-electron chi connectivity index (χ3n) is 2.81. The lowest BCUT2D eigenvalue weighted by atomic mass is 10.2. The average Bonchev–Trinajstić information content (AvgIpc) is 2.47. The summed E-state index contributed by atoms with van der Waals surface area (Å²) >= 11 is 0. The zero-order valence-electron chi connectivity index (χ0n) is 12.0. The van der Waals surface area contributed by atoms with E-state index in [0.29, 0.717) is 11.4 Å². The van der Waals surface area contributed by atoms with Gasteiger partial charge in [0.15, 0.2) is 0 Å². The third-order valence-corrected chi connectivity index (χ3v) is 2.81. The van der Waals surface area contributed by atoms with Crippen LogP contribution in [0.4, 0.5) is 0 Å². The van der Waals surface area contributed by atoms with Gasteiger partial charge in [-0.05, 0) is 39.8 Å². The van der Waals surface area contributed by atoms with Gasteiger partial charge in [-0.15, -0.1) is 0 Å². The Bertz CT molecular complexity index is 594. The van der Waals surface area contributed by atoms with Gasteiger partial charge in [0.1, 0.15) is 11.4 Å². The number of nitrogens with zero attached hydrogens (tertiary/aromatic N) is 4. The van der Waals surface area contributed by atoms with E-state index in [1.165, 1.54) is 13.8 Å². The molecule has 2 aromatic rings. The van der Waals surface area contributed by atoms with Crippen molar-refractivity contribution >= 4 is 22.5 Å². The van der Waals surface area contributed by atoms with Crippen LogP contribution >= 0.6 is 0 Å². The molecule has 0 aliphatic carbocycles. The van der Waals surface area contributed by atoms with Gasteiger partial charge in [0.2, 0.25) is 0 Å². The van der Waals surface area contributed by atoms with Gasteiger partial charge >= 0.3 is 0 Å². The molecule has 0 spiro atoms. The van der Waals surface area contributed by atoms with Crippen LogP contribution in [0.25, 0.3) is 11.0 Å². The van der Waals surface area contributed by atoms with Crippen LogP contribution in [0.1, 0.15) is 25.2 Å². The zero-order valence-corrected chi connectivity index (χ0v) is 12.0. The summed E-state index contributed by atoms with van der Waals surface area (Å²) in [6.45, 7) is 7.04. The van der Waals surface area contributed by atoms with Crippen molar-refractivity contribution in [2.75, 3.05) is 0 Å². The largest absolute Gasteiger partial charge is 0.411 e. The molecule has 0 radical (unpaired) electrons. The van der Waals surface area contributed by atoms with Gasteiger partial charge in [-0.25, -0.2) is 9.97 Å². The fraction of sp³-hybridized carbons (Fsp3) is 0.286. The molecular formula is C14H18N4O2. The lowest BCUT2D eigenvalue weighted by molar-refractivity contribution is 0.313. The minimum Gasteiger partial charge on any atom is -0.411 e. The number of hydrogen-bond donors (Lipinski definition) is 2. The quantitative estimate of drug-likeness (QED) is 0.475. The second-order valence-electron chi connectivity index (χ2n) is 4.25. The van der Waals surface area contributed by atoms with Gasteiger partial charge < -0.3 is 10.4 Å². The molecule has 6 heteroatoms. The maximum absolute atomic E-state index is 8.03. The SMILES string of the molecule is CC(=N\O)/C(C)=N/O.Cc1nc2ccccc2nc1C. The van der Waals surface area contributed by atoms with Crippen LogP contribution < -0.4 is 0 Å². The summed E-state index contributed by atoms with van der Waals surface area (Å²) in [6.07, 6.45) is 0. The third kappa shape index (κ3) is 4.01. The predicted octanol–water partition coefficient (Wildman–Crippen LogP) is 2.93. The molecule has 0 bridgehead atoms. The fourth-order valence-electron chi connectivity index (χ4n) is 1.32. The normalized spacial score (nSPS) is 12.0. The maximum Gasteiger partial charge on any atom is 0.101 e. The molecule has 2 N–H and O–H groups in total. The number of oxime groups is 2. The molecule has 0 saturated carbocycles. The highest BCUT2D eigenvalue weighted by molar-refractivity contribution is 6.40. The number of hydrogen-bond acceptors (Lipinski definition) is 6. The topological polar surface area (TPSA) is 91.0 Å². The molecule has 2 rings (SSSR count). The Labute approximate surface area is 117 Å². The first-order valence-electron chi connectivity index (χ1n) is 6.07. The highest BCUT2D eigenvalue weighted by Gasteiger charge is 1.98. The standard InChI is InChI=1S/C10H10N2.C4H8N2O2/c1-7-8(2)12-10-6-4-3-5-9(10)11-7;1-3(5-7)4(2)6-8/h3-6H,1-2H3;7-8H,1-2H3/b;5-3+,6-4+.